The molecule has 2 rings (SSSR count). The Labute approximate surface area is 86.5 Å². The van der Waals surface area contributed by atoms with Gasteiger partial charge in [-0.1, -0.05) is 0 Å². The van der Waals surface area contributed by atoms with Crippen LogP contribution in [0.15, 0.2) is 29.2 Å². The fourth-order valence-corrected chi connectivity index (χ4v) is 1.34. The van der Waals surface area contributed by atoms with Crippen molar-refractivity contribution in [3.05, 3.63) is 35.9 Å². The molecule has 2 N–H and O–H groups in total. The van der Waals surface area contributed by atoms with Gasteiger partial charge >= 0.3 is 0 Å². The zero-order valence-corrected chi connectivity index (χ0v) is 8.30. The number of aryl methyl sites for hydroxylation is 1. The van der Waals surface area contributed by atoms with E-state index in [1.54, 1.807) is 19.4 Å². The van der Waals surface area contributed by atoms with Gasteiger partial charge in [0.1, 0.15) is 5.82 Å². The zero-order valence-electron chi connectivity index (χ0n) is 8.30. The molecule has 0 aliphatic carbocycles. The summed E-state index contributed by atoms with van der Waals surface area (Å²) >= 11 is 0. The molecule has 0 aromatic carbocycles. The Hall–Kier alpha value is -2.04. The molecule has 78 valence electrons. The summed E-state index contributed by atoms with van der Waals surface area (Å²) in [5.41, 5.74) is 6.98. The Kier molecular flexibility index (Phi) is 2.29. The molecule has 2 heterocycles. The number of nitrogen functional groups attached to an aromatic ring is 1. The minimum absolute atomic E-state index is 0.0537. The highest BCUT2D eigenvalue weighted by molar-refractivity contribution is 6.01. The van der Waals surface area contributed by atoms with E-state index in [1.807, 2.05) is 0 Å². The summed E-state index contributed by atoms with van der Waals surface area (Å²) in [5.74, 6) is 0.338. The third kappa shape index (κ3) is 1.76. The molecule has 0 unspecified atom stereocenters. The lowest BCUT2D eigenvalue weighted by Gasteiger charge is -1.98. The number of anilines is 1. The molecule has 5 heteroatoms. The number of furan rings is 1. The molecule has 0 atom stereocenters. The molecule has 0 saturated heterocycles. The topological polar surface area (TPSA) is 74.0 Å². The van der Waals surface area contributed by atoms with Gasteiger partial charge in [-0.2, -0.15) is 5.10 Å². The normalized spacial score (nSPS) is 10.5. The molecule has 0 saturated carbocycles. The van der Waals surface area contributed by atoms with Crippen molar-refractivity contribution in [1.29, 1.82) is 0 Å². The first-order valence-corrected chi connectivity index (χ1v) is 4.50. The van der Waals surface area contributed by atoms with Crippen LogP contribution in [0.4, 0.5) is 5.82 Å². The van der Waals surface area contributed by atoms with Gasteiger partial charge in [0.2, 0.25) is 0 Å². The average Bonchev–Trinajstić information content (AvgIpc) is 2.79. The van der Waals surface area contributed by atoms with Crippen LogP contribution in [-0.4, -0.2) is 15.6 Å². The predicted octanol–water partition coefficient (Wildman–Crippen LogP) is 1.02. The van der Waals surface area contributed by atoms with E-state index in [4.69, 9.17) is 10.2 Å². The molecule has 0 radical (unpaired) electrons. The van der Waals surface area contributed by atoms with Gasteiger partial charge in [-0.05, 0) is 11.6 Å². The fourth-order valence-electron chi connectivity index (χ4n) is 1.34. The van der Waals surface area contributed by atoms with Crippen molar-refractivity contribution in [1.82, 2.24) is 9.78 Å². The zero-order chi connectivity index (χ0) is 10.8. The summed E-state index contributed by atoms with van der Waals surface area (Å²) in [5, 5.41) is 3.91. The van der Waals surface area contributed by atoms with Crippen molar-refractivity contribution in [2.75, 3.05) is 5.73 Å². The van der Waals surface area contributed by atoms with E-state index in [-0.39, 0.29) is 12.2 Å². The minimum atomic E-state index is -0.0537. The van der Waals surface area contributed by atoms with E-state index < -0.39 is 0 Å². The smallest absolute Gasteiger partial charge is 0.172 e. The van der Waals surface area contributed by atoms with Crippen LogP contribution in [0, 0.1) is 0 Å². The largest absolute Gasteiger partial charge is 0.472 e. The lowest BCUT2D eigenvalue weighted by atomic mass is 10.1. The van der Waals surface area contributed by atoms with Crippen LogP contribution in [-0.2, 0) is 13.5 Å². The molecule has 0 spiro atoms. The maximum absolute atomic E-state index is 11.8. The molecule has 2 aromatic heterocycles. The number of carbonyl (C=O) groups excluding carboxylic acids is 1. The molecule has 2 aromatic rings. The molecule has 0 amide bonds. The summed E-state index contributed by atoms with van der Waals surface area (Å²) in [6.45, 7) is 0. The average molecular weight is 205 g/mol. The summed E-state index contributed by atoms with van der Waals surface area (Å²) < 4.78 is 6.36. The summed E-state index contributed by atoms with van der Waals surface area (Å²) in [4.78, 5) is 11.8. The maximum atomic E-state index is 11.8. The van der Waals surface area contributed by atoms with E-state index in [2.05, 4.69) is 5.10 Å². The third-order valence-electron chi connectivity index (χ3n) is 2.23. The van der Waals surface area contributed by atoms with E-state index >= 15 is 0 Å². The minimum Gasteiger partial charge on any atom is -0.472 e. The quantitative estimate of drug-likeness (QED) is 0.759. The number of aromatic nitrogens is 2. The first-order valence-electron chi connectivity index (χ1n) is 4.50. The van der Waals surface area contributed by atoms with Crippen LogP contribution >= 0.6 is 0 Å². The lowest BCUT2D eigenvalue weighted by Crippen LogP contribution is -2.06. The van der Waals surface area contributed by atoms with Crippen LogP contribution in [0.5, 0.6) is 0 Å². The summed E-state index contributed by atoms with van der Waals surface area (Å²) in [6.07, 6.45) is 4.85. The third-order valence-corrected chi connectivity index (χ3v) is 2.23. The van der Waals surface area contributed by atoms with E-state index in [1.165, 1.54) is 17.1 Å². The lowest BCUT2D eigenvalue weighted by molar-refractivity contribution is 0.0993. The van der Waals surface area contributed by atoms with Gasteiger partial charge in [0.15, 0.2) is 5.78 Å². The number of Topliss-reactive ketones (excluding diaryl/α,β-unsaturated/α-hetero) is 1. The molecule has 5 nitrogen and oxygen atoms in total. The van der Waals surface area contributed by atoms with Crippen LogP contribution < -0.4 is 5.73 Å². The van der Waals surface area contributed by atoms with Crippen molar-refractivity contribution < 1.29 is 9.21 Å². The number of ketones is 1. The number of nitrogens with two attached hydrogens (primary N) is 1. The highest BCUT2D eigenvalue weighted by Crippen LogP contribution is 2.13. The van der Waals surface area contributed by atoms with Crippen molar-refractivity contribution in [3.63, 3.8) is 0 Å². The summed E-state index contributed by atoms with van der Waals surface area (Å²) in [7, 11) is 1.70. The van der Waals surface area contributed by atoms with Gasteiger partial charge in [-0.3, -0.25) is 9.48 Å². The molecular formula is C10H11N3O2. The predicted molar refractivity (Wildman–Crippen MR) is 54.4 cm³/mol. The van der Waals surface area contributed by atoms with Gasteiger partial charge in [-0.15, -0.1) is 0 Å². The molecule has 0 fully saturated rings. The van der Waals surface area contributed by atoms with Gasteiger partial charge in [-0.25, -0.2) is 0 Å². The second-order valence-corrected chi connectivity index (χ2v) is 3.30. The van der Waals surface area contributed by atoms with Gasteiger partial charge < -0.3 is 10.2 Å². The fraction of sp³-hybridized carbons (Fsp3) is 0.200. The van der Waals surface area contributed by atoms with Crippen LogP contribution in [0.2, 0.25) is 0 Å². The first-order chi connectivity index (χ1) is 7.18. The van der Waals surface area contributed by atoms with Crippen molar-refractivity contribution in [3.8, 4) is 0 Å². The maximum Gasteiger partial charge on any atom is 0.172 e. The second kappa shape index (κ2) is 3.61. The Morgan fingerprint density at radius 1 is 1.67 bits per heavy atom. The number of hydrogen-bond acceptors (Lipinski definition) is 4. The van der Waals surface area contributed by atoms with Crippen LogP contribution in [0.1, 0.15) is 15.9 Å². The molecule has 15 heavy (non-hydrogen) atoms. The van der Waals surface area contributed by atoms with E-state index in [9.17, 15) is 4.79 Å². The van der Waals surface area contributed by atoms with Crippen molar-refractivity contribution >= 4 is 11.6 Å². The number of hydrogen-bond donors (Lipinski definition) is 1. The van der Waals surface area contributed by atoms with Gasteiger partial charge in [0.25, 0.3) is 0 Å². The SMILES string of the molecule is Cn1ncc(C(=O)Cc2ccoc2)c1N. The Balaban J connectivity index is 2.19. The van der Waals surface area contributed by atoms with Crippen molar-refractivity contribution in [2.24, 2.45) is 7.05 Å². The van der Waals surface area contributed by atoms with Gasteiger partial charge in [0, 0.05) is 13.5 Å². The highest BCUT2D eigenvalue weighted by Gasteiger charge is 2.14. The Morgan fingerprint density at radius 2 is 2.47 bits per heavy atom. The van der Waals surface area contributed by atoms with Crippen LogP contribution in [0.25, 0.3) is 0 Å². The highest BCUT2D eigenvalue weighted by atomic mass is 16.3. The summed E-state index contributed by atoms with van der Waals surface area (Å²) in [6, 6.07) is 1.75. The van der Waals surface area contributed by atoms with Gasteiger partial charge in [0.05, 0.1) is 24.3 Å². The monoisotopic (exact) mass is 205 g/mol. The van der Waals surface area contributed by atoms with E-state index in [0.29, 0.717) is 11.4 Å². The molecule has 0 bridgehead atoms. The molecule has 0 aliphatic rings. The molecular weight excluding hydrogens is 194 g/mol. The van der Waals surface area contributed by atoms with Crippen molar-refractivity contribution in [2.45, 2.75) is 6.42 Å². The second-order valence-electron chi connectivity index (χ2n) is 3.30. The van der Waals surface area contributed by atoms with Crippen LogP contribution in [0.3, 0.4) is 0 Å². The first kappa shape index (κ1) is 9.51. The standard InChI is InChI=1S/C10H11N3O2/c1-13-10(11)8(5-12-13)9(14)4-7-2-3-15-6-7/h2-3,5-6H,4,11H2,1H3. The number of carbonyl (C=O) groups is 1. The number of rotatable bonds is 3. The van der Waals surface area contributed by atoms with E-state index in [0.717, 1.165) is 5.56 Å². The Bertz CT molecular complexity index is 471. The Morgan fingerprint density at radius 3 is 3.00 bits per heavy atom. The number of nitrogens with zero attached hydrogens (tertiary/aromatic N) is 2. The molecule has 0 aliphatic heterocycles.